The lowest BCUT2D eigenvalue weighted by Gasteiger charge is -2.24. The fourth-order valence-corrected chi connectivity index (χ4v) is 2.71. The van der Waals surface area contributed by atoms with Crippen LogP contribution in [0.4, 0.5) is 0 Å². The van der Waals surface area contributed by atoms with Crippen LogP contribution in [0.2, 0.25) is 0 Å². The van der Waals surface area contributed by atoms with Crippen molar-refractivity contribution in [3.05, 3.63) is 23.3 Å². The van der Waals surface area contributed by atoms with E-state index in [1.165, 1.54) is 11.1 Å². The highest BCUT2D eigenvalue weighted by Gasteiger charge is 2.18. The summed E-state index contributed by atoms with van der Waals surface area (Å²) in [6.45, 7) is 10.7. The SMILES string of the molecule is COC(C)(C)CCCC(C)C(O)CCC(C)=CCCC(C)=CCO. The summed E-state index contributed by atoms with van der Waals surface area (Å²) in [6, 6.07) is 0. The second kappa shape index (κ2) is 12.7. The molecular formula is C21H40O3. The molecule has 142 valence electrons. The van der Waals surface area contributed by atoms with E-state index in [1.54, 1.807) is 7.11 Å². The van der Waals surface area contributed by atoms with Crippen LogP contribution < -0.4 is 0 Å². The topological polar surface area (TPSA) is 49.7 Å². The van der Waals surface area contributed by atoms with Crippen LogP contribution in [0, 0.1) is 5.92 Å². The predicted molar refractivity (Wildman–Crippen MR) is 103 cm³/mol. The molecule has 0 aromatic rings. The van der Waals surface area contributed by atoms with Crippen molar-refractivity contribution in [3.8, 4) is 0 Å². The normalized spacial score (nSPS) is 16.3. The number of aliphatic hydroxyl groups is 2. The summed E-state index contributed by atoms with van der Waals surface area (Å²) < 4.78 is 5.44. The smallest absolute Gasteiger partial charge is 0.0622 e. The average molecular weight is 341 g/mol. The minimum absolute atomic E-state index is 0.0629. The monoisotopic (exact) mass is 340 g/mol. The molecule has 0 saturated carbocycles. The van der Waals surface area contributed by atoms with Gasteiger partial charge in [-0.2, -0.15) is 0 Å². The molecule has 0 bridgehead atoms. The number of rotatable bonds is 13. The Labute approximate surface area is 149 Å². The molecule has 0 aromatic carbocycles. The maximum absolute atomic E-state index is 10.3. The van der Waals surface area contributed by atoms with E-state index in [9.17, 15) is 5.11 Å². The van der Waals surface area contributed by atoms with Gasteiger partial charge in [-0.3, -0.25) is 0 Å². The summed E-state index contributed by atoms with van der Waals surface area (Å²) in [5, 5.41) is 19.2. The molecule has 0 aliphatic rings. The molecule has 0 spiro atoms. The number of hydrogen-bond acceptors (Lipinski definition) is 3. The Bertz CT molecular complexity index is 383. The Morgan fingerprint density at radius 2 is 1.71 bits per heavy atom. The van der Waals surface area contributed by atoms with Gasteiger partial charge in [0.25, 0.3) is 0 Å². The van der Waals surface area contributed by atoms with Crippen LogP contribution in [-0.2, 0) is 4.74 Å². The lowest BCUT2D eigenvalue weighted by Crippen LogP contribution is -2.23. The van der Waals surface area contributed by atoms with Crippen LogP contribution in [0.5, 0.6) is 0 Å². The summed E-state index contributed by atoms with van der Waals surface area (Å²) >= 11 is 0. The number of methoxy groups -OCH3 is 1. The maximum Gasteiger partial charge on any atom is 0.0622 e. The largest absolute Gasteiger partial charge is 0.393 e. The second-order valence-electron chi connectivity index (χ2n) is 7.76. The minimum atomic E-state index is -0.227. The van der Waals surface area contributed by atoms with Crippen LogP contribution >= 0.6 is 0 Å². The van der Waals surface area contributed by atoms with Gasteiger partial charge in [0.2, 0.25) is 0 Å². The van der Waals surface area contributed by atoms with E-state index < -0.39 is 0 Å². The average Bonchev–Trinajstić information content (AvgIpc) is 2.52. The molecule has 24 heavy (non-hydrogen) atoms. The van der Waals surface area contributed by atoms with Gasteiger partial charge in [-0.05, 0) is 72.1 Å². The van der Waals surface area contributed by atoms with E-state index in [1.807, 2.05) is 6.08 Å². The molecule has 0 saturated heterocycles. The zero-order chi connectivity index (χ0) is 18.6. The first-order valence-electron chi connectivity index (χ1n) is 9.37. The summed E-state index contributed by atoms with van der Waals surface area (Å²) in [7, 11) is 1.76. The van der Waals surface area contributed by atoms with E-state index in [-0.39, 0.29) is 18.3 Å². The van der Waals surface area contributed by atoms with Crippen LogP contribution in [-0.4, -0.2) is 35.6 Å². The van der Waals surface area contributed by atoms with Gasteiger partial charge in [0.15, 0.2) is 0 Å². The highest BCUT2D eigenvalue weighted by molar-refractivity contribution is 5.03. The lowest BCUT2D eigenvalue weighted by atomic mass is 9.91. The van der Waals surface area contributed by atoms with Crippen LogP contribution in [0.15, 0.2) is 23.3 Å². The minimum Gasteiger partial charge on any atom is -0.393 e. The molecule has 0 heterocycles. The van der Waals surface area contributed by atoms with Crippen molar-refractivity contribution < 1.29 is 14.9 Å². The number of aliphatic hydroxyl groups excluding tert-OH is 2. The number of allylic oxidation sites excluding steroid dienone is 3. The van der Waals surface area contributed by atoms with Gasteiger partial charge in [-0.1, -0.05) is 36.6 Å². The van der Waals surface area contributed by atoms with Gasteiger partial charge in [-0.25, -0.2) is 0 Å². The highest BCUT2D eigenvalue weighted by atomic mass is 16.5. The Hall–Kier alpha value is -0.640. The molecule has 0 aromatic heterocycles. The molecule has 0 aliphatic carbocycles. The third-order valence-corrected chi connectivity index (χ3v) is 4.95. The van der Waals surface area contributed by atoms with Crippen molar-refractivity contribution >= 4 is 0 Å². The zero-order valence-corrected chi connectivity index (χ0v) is 16.8. The molecule has 0 radical (unpaired) electrons. The van der Waals surface area contributed by atoms with Crippen molar-refractivity contribution in [3.63, 3.8) is 0 Å². The summed E-state index contributed by atoms with van der Waals surface area (Å²) in [5.74, 6) is 0.334. The standard InChI is InChI=1S/C21H40O3/c1-17(9-7-10-18(2)14-16-22)12-13-20(23)19(3)11-8-15-21(4,5)24-6/h9,14,19-20,22-23H,7-8,10-13,15-16H2,1-6H3. The van der Waals surface area contributed by atoms with E-state index in [2.05, 4.69) is 40.7 Å². The van der Waals surface area contributed by atoms with Gasteiger partial charge in [0, 0.05) is 7.11 Å². The summed E-state index contributed by atoms with van der Waals surface area (Å²) in [5.41, 5.74) is 2.51. The summed E-state index contributed by atoms with van der Waals surface area (Å²) in [6.07, 6.45) is 10.8. The molecule has 0 aliphatic heterocycles. The molecule has 3 nitrogen and oxygen atoms in total. The lowest BCUT2D eigenvalue weighted by molar-refractivity contribution is 0.0105. The van der Waals surface area contributed by atoms with Crippen molar-refractivity contribution in [1.29, 1.82) is 0 Å². The quantitative estimate of drug-likeness (QED) is 0.463. The first-order chi connectivity index (χ1) is 11.2. The Morgan fingerprint density at radius 3 is 2.29 bits per heavy atom. The van der Waals surface area contributed by atoms with E-state index >= 15 is 0 Å². The van der Waals surface area contributed by atoms with Crippen molar-refractivity contribution in [1.82, 2.24) is 0 Å². The second-order valence-corrected chi connectivity index (χ2v) is 7.76. The molecular weight excluding hydrogens is 300 g/mol. The van der Waals surface area contributed by atoms with E-state index in [0.29, 0.717) is 5.92 Å². The molecule has 2 N–H and O–H groups in total. The van der Waals surface area contributed by atoms with Crippen LogP contribution in [0.3, 0.4) is 0 Å². The first kappa shape index (κ1) is 23.4. The molecule has 0 rings (SSSR count). The van der Waals surface area contributed by atoms with Crippen molar-refractivity contribution in [2.45, 2.75) is 91.3 Å². The van der Waals surface area contributed by atoms with Gasteiger partial charge >= 0.3 is 0 Å². The fourth-order valence-electron chi connectivity index (χ4n) is 2.71. The Kier molecular flexibility index (Phi) is 12.3. The van der Waals surface area contributed by atoms with E-state index in [4.69, 9.17) is 9.84 Å². The van der Waals surface area contributed by atoms with Crippen molar-refractivity contribution in [2.24, 2.45) is 5.92 Å². The van der Waals surface area contributed by atoms with Crippen molar-refractivity contribution in [2.75, 3.05) is 13.7 Å². The van der Waals surface area contributed by atoms with Gasteiger partial charge < -0.3 is 14.9 Å². The molecule has 0 amide bonds. The summed E-state index contributed by atoms with van der Waals surface area (Å²) in [4.78, 5) is 0. The van der Waals surface area contributed by atoms with Gasteiger partial charge in [0.1, 0.15) is 0 Å². The molecule has 2 atom stereocenters. The van der Waals surface area contributed by atoms with Crippen LogP contribution in [0.1, 0.15) is 79.6 Å². The van der Waals surface area contributed by atoms with Gasteiger partial charge in [-0.15, -0.1) is 0 Å². The number of hydrogen-bond donors (Lipinski definition) is 2. The first-order valence-corrected chi connectivity index (χ1v) is 9.37. The zero-order valence-electron chi connectivity index (χ0n) is 16.8. The third-order valence-electron chi connectivity index (χ3n) is 4.95. The Balaban J connectivity index is 4.01. The highest BCUT2D eigenvalue weighted by Crippen LogP contribution is 2.22. The predicted octanol–water partition coefficient (Wildman–Crippen LogP) is 5.02. The number of ether oxygens (including phenoxy) is 1. The third kappa shape index (κ3) is 11.8. The van der Waals surface area contributed by atoms with Gasteiger partial charge in [0.05, 0.1) is 18.3 Å². The fraction of sp³-hybridized carbons (Fsp3) is 0.810. The Morgan fingerprint density at radius 1 is 1.08 bits per heavy atom. The molecule has 2 unspecified atom stereocenters. The molecule has 0 fully saturated rings. The van der Waals surface area contributed by atoms with Crippen LogP contribution in [0.25, 0.3) is 0 Å². The molecule has 3 heteroatoms. The maximum atomic E-state index is 10.3. The van der Waals surface area contributed by atoms with E-state index in [0.717, 1.165) is 44.9 Å².